The van der Waals surface area contributed by atoms with E-state index in [1.807, 2.05) is 6.92 Å². The summed E-state index contributed by atoms with van der Waals surface area (Å²) in [5.41, 5.74) is -0.977. The van der Waals surface area contributed by atoms with E-state index in [0.717, 1.165) is 4.52 Å². The highest BCUT2D eigenvalue weighted by atomic mass is 16.4. The lowest BCUT2D eigenvalue weighted by Gasteiger charge is -2.04. The monoisotopic (exact) mass is 208 g/mol. The number of aromatic carboxylic acids is 1. The molecule has 0 saturated heterocycles. The number of hydrogen-bond donors (Lipinski definition) is 1. The molecule has 2 aromatic heterocycles. The van der Waals surface area contributed by atoms with E-state index in [-0.39, 0.29) is 5.56 Å². The molecule has 0 saturated carbocycles. The summed E-state index contributed by atoms with van der Waals surface area (Å²) in [5.74, 6) is -0.924. The van der Waals surface area contributed by atoms with Gasteiger partial charge in [-0.1, -0.05) is 0 Å². The van der Waals surface area contributed by atoms with Crippen LogP contribution in [-0.4, -0.2) is 30.2 Å². The van der Waals surface area contributed by atoms with Crippen molar-refractivity contribution in [1.82, 2.24) is 19.2 Å². The lowest BCUT2D eigenvalue weighted by atomic mass is 10.3. The van der Waals surface area contributed by atoms with Crippen molar-refractivity contribution in [1.29, 1.82) is 0 Å². The van der Waals surface area contributed by atoms with Crippen LogP contribution in [0, 0.1) is 0 Å². The first kappa shape index (κ1) is 9.38. The fourth-order valence-electron chi connectivity index (χ4n) is 1.34. The maximum Gasteiger partial charge on any atom is 0.342 e. The molecular weight excluding hydrogens is 200 g/mol. The molecule has 1 N–H and O–H groups in total. The summed E-state index contributed by atoms with van der Waals surface area (Å²) in [7, 11) is 0. The Bertz CT molecular complexity index is 583. The van der Waals surface area contributed by atoms with Gasteiger partial charge in [0.1, 0.15) is 11.9 Å². The molecule has 0 aliphatic rings. The molecule has 7 nitrogen and oxygen atoms in total. The summed E-state index contributed by atoms with van der Waals surface area (Å²) < 4.78 is 2.53. The van der Waals surface area contributed by atoms with Crippen LogP contribution in [-0.2, 0) is 6.54 Å². The summed E-state index contributed by atoms with van der Waals surface area (Å²) in [6.07, 6.45) is 2.49. The van der Waals surface area contributed by atoms with Crippen molar-refractivity contribution in [2.24, 2.45) is 0 Å². The van der Waals surface area contributed by atoms with Gasteiger partial charge >= 0.3 is 5.97 Å². The molecule has 0 aliphatic heterocycles. The summed E-state index contributed by atoms with van der Waals surface area (Å²) >= 11 is 0. The van der Waals surface area contributed by atoms with E-state index in [9.17, 15) is 9.59 Å². The van der Waals surface area contributed by atoms with Gasteiger partial charge in [-0.3, -0.25) is 4.79 Å². The van der Waals surface area contributed by atoms with Gasteiger partial charge < -0.3 is 9.67 Å². The minimum atomic E-state index is -1.26. The van der Waals surface area contributed by atoms with E-state index in [4.69, 9.17) is 5.11 Å². The second-order valence-electron chi connectivity index (χ2n) is 2.91. The number of aryl methyl sites for hydroxylation is 1. The van der Waals surface area contributed by atoms with Gasteiger partial charge in [-0.05, 0) is 6.92 Å². The average molecular weight is 208 g/mol. The van der Waals surface area contributed by atoms with Crippen molar-refractivity contribution >= 4 is 11.7 Å². The zero-order valence-corrected chi connectivity index (χ0v) is 7.91. The molecule has 0 amide bonds. The highest BCUT2D eigenvalue weighted by Crippen LogP contribution is 1.99. The molecule has 0 fully saturated rings. The van der Waals surface area contributed by atoms with Crippen LogP contribution in [0.25, 0.3) is 5.78 Å². The molecule has 0 bridgehead atoms. The van der Waals surface area contributed by atoms with Crippen LogP contribution in [0.15, 0.2) is 17.3 Å². The maximum atomic E-state index is 11.6. The number of fused-ring (bicyclic) bond motifs is 1. The molecule has 0 spiro atoms. The minimum absolute atomic E-state index is 0.310. The van der Waals surface area contributed by atoms with E-state index >= 15 is 0 Å². The van der Waals surface area contributed by atoms with Crippen molar-refractivity contribution < 1.29 is 9.90 Å². The van der Waals surface area contributed by atoms with Gasteiger partial charge in [0, 0.05) is 12.7 Å². The standard InChI is InChI=1S/C8H8N4O3/c1-2-11-3-5(7(14)15)6(13)12-8(11)9-4-10-12/h3-4H,2H2,1H3,(H,14,15). The molecule has 2 aromatic rings. The van der Waals surface area contributed by atoms with Gasteiger partial charge in [-0.15, -0.1) is 0 Å². The highest BCUT2D eigenvalue weighted by molar-refractivity contribution is 5.86. The van der Waals surface area contributed by atoms with Gasteiger partial charge in [0.2, 0.25) is 5.78 Å². The second kappa shape index (κ2) is 3.19. The Hall–Kier alpha value is -2.18. The lowest BCUT2D eigenvalue weighted by Crippen LogP contribution is -2.25. The maximum absolute atomic E-state index is 11.6. The van der Waals surface area contributed by atoms with Crippen LogP contribution in [0.3, 0.4) is 0 Å². The van der Waals surface area contributed by atoms with Gasteiger partial charge in [-0.2, -0.15) is 14.6 Å². The van der Waals surface area contributed by atoms with Crippen LogP contribution in [0.4, 0.5) is 0 Å². The number of aromatic nitrogens is 4. The van der Waals surface area contributed by atoms with Crippen LogP contribution in [0.2, 0.25) is 0 Å². The first-order valence-electron chi connectivity index (χ1n) is 4.31. The Morgan fingerprint density at radius 1 is 1.60 bits per heavy atom. The van der Waals surface area contributed by atoms with Crippen molar-refractivity contribution in [2.75, 3.05) is 0 Å². The molecule has 78 valence electrons. The topological polar surface area (TPSA) is 89.5 Å². The number of hydrogen-bond acceptors (Lipinski definition) is 4. The molecule has 0 aromatic carbocycles. The number of carboxylic acid groups (broad SMARTS) is 1. The van der Waals surface area contributed by atoms with Gasteiger partial charge in [-0.25, -0.2) is 4.79 Å². The largest absolute Gasteiger partial charge is 0.477 e. The van der Waals surface area contributed by atoms with Crippen LogP contribution in [0.1, 0.15) is 17.3 Å². The highest BCUT2D eigenvalue weighted by Gasteiger charge is 2.14. The van der Waals surface area contributed by atoms with Gasteiger partial charge in [0.15, 0.2) is 0 Å². The number of rotatable bonds is 2. The third kappa shape index (κ3) is 1.28. The lowest BCUT2D eigenvalue weighted by molar-refractivity contribution is 0.0693. The normalized spacial score (nSPS) is 10.7. The van der Waals surface area contributed by atoms with Crippen LogP contribution >= 0.6 is 0 Å². The Morgan fingerprint density at radius 3 is 2.93 bits per heavy atom. The van der Waals surface area contributed by atoms with E-state index in [1.165, 1.54) is 12.5 Å². The molecular formula is C8H8N4O3. The average Bonchev–Trinajstić information content (AvgIpc) is 2.67. The summed E-state index contributed by atoms with van der Waals surface area (Å²) in [4.78, 5) is 26.2. The van der Waals surface area contributed by atoms with Gasteiger partial charge in [0.25, 0.3) is 5.56 Å². The van der Waals surface area contributed by atoms with Gasteiger partial charge in [0.05, 0.1) is 0 Å². The van der Waals surface area contributed by atoms with E-state index < -0.39 is 11.5 Å². The Labute approximate surface area is 83.6 Å². The zero-order valence-electron chi connectivity index (χ0n) is 7.91. The Balaban J connectivity index is 2.91. The fourth-order valence-corrected chi connectivity index (χ4v) is 1.34. The Kier molecular flexibility index (Phi) is 2.00. The predicted octanol–water partition coefficient (Wildman–Crippen LogP) is -0.391. The predicted molar refractivity (Wildman–Crippen MR) is 49.9 cm³/mol. The smallest absolute Gasteiger partial charge is 0.342 e. The number of nitrogens with zero attached hydrogens (tertiary/aromatic N) is 4. The number of carboxylic acids is 1. The molecule has 15 heavy (non-hydrogen) atoms. The van der Waals surface area contributed by atoms with Crippen molar-refractivity contribution in [3.63, 3.8) is 0 Å². The van der Waals surface area contributed by atoms with E-state index in [2.05, 4.69) is 10.1 Å². The quantitative estimate of drug-likeness (QED) is 0.725. The summed E-state index contributed by atoms with van der Waals surface area (Å²) in [6, 6.07) is 0. The van der Waals surface area contributed by atoms with E-state index in [0.29, 0.717) is 12.3 Å². The first-order chi connectivity index (χ1) is 7.15. The third-order valence-electron chi connectivity index (χ3n) is 2.07. The van der Waals surface area contributed by atoms with Crippen molar-refractivity contribution in [3.8, 4) is 0 Å². The molecule has 2 heterocycles. The fraction of sp³-hybridized carbons (Fsp3) is 0.250. The Morgan fingerprint density at radius 2 is 2.33 bits per heavy atom. The molecule has 0 atom stereocenters. The number of carbonyl (C=O) groups is 1. The molecule has 0 radical (unpaired) electrons. The van der Waals surface area contributed by atoms with Crippen LogP contribution in [0.5, 0.6) is 0 Å². The SMILES string of the molecule is CCn1cc(C(=O)O)c(=O)n2ncnc12. The molecule has 0 unspecified atom stereocenters. The summed E-state index contributed by atoms with van der Waals surface area (Å²) in [6.45, 7) is 2.34. The molecule has 2 rings (SSSR count). The zero-order chi connectivity index (χ0) is 11.0. The van der Waals surface area contributed by atoms with Crippen molar-refractivity contribution in [2.45, 2.75) is 13.5 Å². The molecule has 0 aliphatic carbocycles. The van der Waals surface area contributed by atoms with Crippen molar-refractivity contribution in [3.05, 3.63) is 28.4 Å². The van der Waals surface area contributed by atoms with Crippen LogP contribution < -0.4 is 5.56 Å². The minimum Gasteiger partial charge on any atom is -0.477 e. The molecule has 7 heteroatoms. The first-order valence-corrected chi connectivity index (χ1v) is 4.31. The third-order valence-corrected chi connectivity index (χ3v) is 2.07. The second-order valence-corrected chi connectivity index (χ2v) is 2.91. The summed E-state index contributed by atoms with van der Waals surface area (Å²) in [5, 5.41) is 12.5. The van der Waals surface area contributed by atoms with E-state index in [1.54, 1.807) is 4.57 Å².